The minimum Gasteiger partial charge on any atom is -0.396 e. The first-order valence-corrected chi connectivity index (χ1v) is 4.52. The van der Waals surface area contributed by atoms with Crippen LogP contribution in [0.1, 0.15) is 11.1 Å². The summed E-state index contributed by atoms with van der Waals surface area (Å²) in [5, 5.41) is 3.03. The topological polar surface area (TPSA) is 74.8 Å². The zero-order valence-corrected chi connectivity index (χ0v) is 8.79. The molecule has 8 heteroatoms. The van der Waals surface area contributed by atoms with Crippen molar-refractivity contribution < 1.29 is 17.6 Å². The Kier molecular flexibility index (Phi) is 4.02. The van der Waals surface area contributed by atoms with Gasteiger partial charge in [-0.05, 0) is 17.7 Å². The molecule has 0 saturated carbocycles. The Morgan fingerprint density at radius 3 is 2.61 bits per heavy atom. The molecule has 0 atom stereocenters. The average molecular weight is 258 g/mol. The minimum absolute atomic E-state index is 0.306. The summed E-state index contributed by atoms with van der Waals surface area (Å²) in [6, 6.07) is 1.08. The number of hydrogen-bond acceptors (Lipinski definition) is 2. The number of rotatable bonds is 1. The molecule has 0 amide bonds. The Hall–Kier alpha value is -2.39. The fraction of sp³-hybridized carbons (Fsp3) is 0.200. The zero-order valence-electron chi connectivity index (χ0n) is 8.79. The van der Waals surface area contributed by atoms with E-state index in [4.69, 9.17) is 11.3 Å². The molecule has 0 radical (unpaired) electrons. The molecule has 18 heavy (non-hydrogen) atoms. The van der Waals surface area contributed by atoms with Crippen LogP contribution in [0.2, 0.25) is 0 Å². The molecular weight excluding hydrogens is 252 g/mol. The maximum atomic E-state index is 13.1. The first-order valence-electron chi connectivity index (χ1n) is 4.52. The number of alkyl halides is 3. The van der Waals surface area contributed by atoms with Gasteiger partial charge in [-0.1, -0.05) is 17.0 Å². The van der Waals surface area contributed by atoms with Crippen LogP contribution in [0.25, 0.3) is 10.4 Å². The lowest BCUT2D eigenvalue weighted by molar-refractivity contribution is -0.137. The number of halogens is 4. The summed E-state index contributed by atoms with van der Waals surface area (Å²) in [5.41, 5.74) is 10.7. The predicted octanol–water partition coefficient (Wildman–Crippen LogP) is 3.09. The first-order chi connectivity index (χ1) is 8.36. The van der Waals surface area contributed by atoms with Crippen LogP contribution < -0.4 is 5.73 Å². The summed E-state index contributed by atoms with van der Waals surface area (Å²) in [7, 11) is 0. The van der Waals surface area contributed by atoms with E-state index in [1.165, 1.54) is 0 Å². The molecule has 0 bridgehead atoms. The highest BCUT2D eigenvalue weighted by molar-refractivity contribution is 5.53. The molecule has 1 aromatic carbocycles. The second-order valence-electron chi connectivity index (χ2n) is 3.11. The molecule has 0 fully saturated rings. The summed E-state index contributed by atoms with van der Waals surface area (Å²) in [6.45, 7) is -0.306. The average Bonchev–Trinajstić information content (AvgIpc) is 2.27. The fourth-order valence-corrected chi connectivity index (χ4v) is 1.13. The first kappa shape index (κ1) is 13.7. The number of nitrogens with two attached hydrogens (primary N) is 1. The molecule has 0 unspecified atom stereocenters. The molecule has 4 nitrogen and oxygen atoms in total. The Labute approximate surface area is 99.0 Å². The van der Waals surface area contributed by atoms with Crippen molar-refractivity contribution >= 4 is 5.69 Å². The van der Waals surface area contributed by atoms with Crippen LogP contribution in [0.15, 0.2) is 17.2 Å². The van der Waals surface area contributed by atoms with Crippen molar-refractivity contribution in [2.75, 3.05) is 12.3 Å². The molecule has 0 heterocycles. The van der Waals surface area contributed by atoms with Crippen LogP contribution in [0.3, 0.4) is 0 Å². The maximum Gasteiger partial charge on any atom is 0.417 e. The quantitative estimate of drug-likeness (QED) is 0.206. The molecule has 0 aliphatic rings. The number of azide groups is 1. The predicted molar refractivity (Wildman–Crippen MR) is 56.7 cm³/mol. The van der Waals surface area contributed by atoms with Crippen molar-refractivity contribution in [1.29, 1.82) is 0 Å². The van der Waals surface area contributed by atoms with Crippen molar-refractivity contribution in [1.82, 2.24) is 0 Å². The molecule has 1 rings (SSSR count). The van der Waals surface area contributed by atoms with E-state index in [0.29, 0.717) is 12.1 Å². The van der Waals surface area contributed by atoms with Crippen LogP contribution in [0, 0.1) is 17.7 Å². The molecular formula is C10H6F4N4. The van der Waals surface area contributed by atoms with Crippen molar-refractivity contribution in [3.8, 4) is 11.8 Å². The van der Waals surface area contributed by atoms with E-state index in [9.17, 15) is 17.6 Å². The number of anilines is 1. The van der Waals surface area contributed by atoms with E-state index in [1.54, 1.807) is 0 Å². The molecule has 0 aliphatic carbocycles. The van der Waals surface area contributed by atoms with E-state index in [0.717, 1.165) is 0 Å². The van der Waals surface area contributed by atoms with Crippen molar-refractivity contribution in [2.45, 2.75) is 6.18 Å². The van der Waals surface area contributed by atoms with Crippen LogP contribution in [-0.2, 0) is 6.18 Å². The van der Waals surface area contributed by atoms with E-state index >= 15 is 0 Å². The van der Waals surface area contributed by atoms with Crippen molar-refractivity contribution in [3.63, 3.8) is 0 Å². The van der Waals surface area contributed by atoms with Crippen LogP contribution >= 0.6 is 0 Å². The maximum absolute atomic E-state index is 13.1. The summed E-state index contributed by atoms with van der Waals surface area (Å²) in [5.74, 6) is 3.29. The van der Waals surface area contributed by atoms with Gasteiger partial charge in [-0.15, -0.1) is 0 Å². The Morgan fingerprint density at radius 2 is 2.06 bits per heavy atom. The molecule has 0 aromatic heterocycles. The largest absolute Gasteiger partial charge is 0.417 e. The molecule has 0 aliphatic heterocycles. The second kappa shape index (κ2) is 5.29. The Balaban J connectivity index is 3.27. The van der Waals surface area contributed by atoms with Gasteiger partial charge in [0.05, 0.1) is 17.8 Å². The normalized spacial score (nSPS) is 10.2. The van der Waals surface area contributed by atoms with Gasteiger partial charge in [0.1, 0.15) is 5.82 Å². The summed E-state index contributed by atoms with van der Waals surface area (Å²) < 4.78 is 50.9. The number of nitrogens with zero attached hydrogens (tertiary/aromatic N) is 3. The van der Waals surface area contributed by atoms with Crippen LogP contribution in [0.4, 0.5) is 23.2 Å². The summed E-state index contributed by atoms with van der Waals surface area (Å²) >= 11 is 0. The third kappa shape index (κ3) is 3.30. The number of hydrogen-bond donors (Lipinski definition) is 1. The summed E-state index contributed by atoms with van der Waals surface area (Å²) in [6.07, 6.45) is -4.69. The van der Waals surface area contributed by atoms with E-state index in [-0.39, 0.29) is 6.54 Å². The van der Waals surface area contributed by atoms with Crippen LogP contribution in [-0.4, -0.2) is 6.54 Å². The lowest BCUT2D eigenvalue weighted by Crippen LogP contribution is -2.09. The number of benzene rings is 1. The van der Waals surface area contributed by atoms with Gasteiger partial charge in [0.25, 0.3) is 0 Å². The Morgan fingerprint density at radius 1 is 1.39 bits per heavy atom. The van der Waals surface area contributed by atoms with Crippen molar-refractivity contribution in [2.24, 2.45) is 5.11 Å². The fourth-order valence-electron chi connectivity index (χ4n) is 1.13. The smallest absolute Gasteiger partial charge is 0.396 e. The van der Waals surface area contributed by atoms with Gasteiger partial charge in [-0.2, -0.15) is 13.2 Å². The minimum atomic E-state index is -4.69. The molecule has 94 valence electrons. The third-order valence-electron chi connectivity index (χ3n) is 1.88. The van der Waals surface area contributed by atoms with E-state index in [2.05, 4.69) is 21.9 Å². The highest BCUT2D eigenvalue weighted by Gasteiger charge is 2.34. The van der Waals surface area contributed by atoms with Gasteiger partial charge in [0, 0.05) is 10.5 Å². The van der Waals surface area contributed by atoms with Crippen LogP contribution in [0.5, 0.6) is 0 Å². The monoisotopic (exact) mass is 258 g/mol. The van der Waals surface area contributed by atoms with E-state index in [1.807, 2.05) is 0 Å². The third-order valence-corrected chi connectivity index (χ3v) is 1.88. The van der Waals surface area contributed by atoms with Gasteiger partial charge in [0.2, 0.25) is 0 Å². The highest BCUT2D eigenvalue weighted by atomic mass is 19.4. The van der Waals surface area contributed by atoms with Gasteiger partial charge < -0.3 is 5.73 Å². The number of nitrogen functional groups attached to an aromatic ring is 1. The van der Waals surface area contributed by atoms with Gasteiger partial charge in [0.15, 0.2) is 0 Å². The molecule has 0 spiro atoms. The lowest BCUT2D eigenvalue weighted by Gasteiger charge is -2.10. The van der Waals surface area contributed by atoms with E-state index < -0.39 is 28.8 Å². The zero-order chi connectivity index (χ0) is 13.8. The molecule has 1 aromatic rings. The second-order valence-corrected chi connectivity index (χ2v) is 3.11. The SMILES string of the molecule is [N-]=[N+]=NCC#Cc1cc(F)c(N)cc1C(F)(F)F. The van der Waals surface area contributed by atoms with Crippen molar-refractivity contribution in [3.05, 3.63) is 39.5 Å². The Bertz CT molecular complexity index is 562. The summed E-state index contributed by atoms with van der Waals surface area (Å²) in [4.78, 5) is 2.38. The highest BCUT2D eigenvalue weighted by Crippen LogP contribution is 2.33. The van der Waals surface area contributed by atoms with Gasteiger partial charge >= 0.3 is 6.18 Å². The molecule has 2 N–H and O–H groups in total. The standard InChI is InChI=1S/C10H6F4N4/c11-8-4-6(2-1-3-17-18-16)7(5-9(8)15)10(12,13)14/h4-5H,3,15H2. The molecule has 0 saturated heterocycles. The van der Waals surface area contributed by atoms with Gasteiger partial charge in [-0.3, -0.25) is 0 Å². The van der Waals surface area contributed by atoms with Gasteiger partial charge in [-0.25, -0.2) is 4.39 Å². The lowest BCUT2D eigenvalue weighted by atomic mass is 10.1.